The minimum Gasteiger partial charge on any atom is -0.366 e. The fourth-order valence-electron chi connectivity index (χ4n) is 1.06. The molecule has 0 aromatic carbocycles. The molecule has 2 N–H and O–H groups in total. The van der Waals surface area contributed by atoms with Crippen LogP contribution in [0.1, 0.15) is 30.9 Å². The minimum absolute atomic E-state index is 0.435. The molecule has 0 aliphatic carbocycles. The zero-order chi connectivity index (χ0) is 10.6. The highest BCUT2D eigenvalue weighted by Gasteiger charge is 1.99. The van der Waals surface area contributed by atoms with Crippen molar-refractivity contribution in [3.63, 3.8) is 0 Å². The first-order valence-electron chi connectivity index (χ1n) is 4.52. The summed E-state index contributed by atoms with van der Waals surface area (Å²) in [6.45, 7) is 4.19. The van der Waals surface area contributed by atoms with Crippen molar-refractivity contribution in [1.29, 1.82) is 0 Å². The Morgan fingerprint density at radius 3 is 2.79 bits per heavy atom. The predicted octanol–water partition coefficient (Wildman–Crippen LogP) is 1.70. The third kappa shape index (κ3) is 3.01. The average molecular weight is 190 g/mol. The smallest absolute Gasteiger partial charge is 0.241 e. The van der Waals surface area contributed by atoms with E-state index in [-0.39, 0.29) is 0 Å². The largest absolute Gasteiger partial charge is 0.366 e. The summed E-state index contributed by atoms with van der Waals surface area (Å²) in [5.74, 6) is -0.00984. The van der Waals surface area contributed by atoms with Gasteiger partial charge in [0.05, 0.1) is 0 Å². The van der Waals surface area contributed by atoms with E-state index in [1.807, 2.05) is 12.3 Å². The third-order valence-corrected chi connectivity index (χ3v) is 1.89. The van der Waals surface area contributed by atoms with Crippen LogP contribution in [-0.4, -0.2) is 10.9 Å². The number of pyridine rings is 1. The molecule has 1 amide bonds. The minimum atomic E-state index is -0.444. The first-order valence-corrected chi connectivity index (χ1v) is 4.52. The van der Waals surface area contributed by atoms with Gasteiger partial charge in [-0.25, -0.2) is 0 Å². The SMILES string of the molecule is CC(C)c1cncc(/C=C/C(N)=O)c1. The molecule has 1 aromatic rings. The van der Waals surface area contributed by atoms with Gasteiger partial charge in [0.2, 0.25) is 5.91 Å². The van der Waals surface area contributed by atoms with Crippen LogP contribution in [0.2, 0.25) is 0 Å². The highest BCUT2D eigenvalue weighted by Crippen LogP contribution is 2.14. The number of nitrogens with zero attached hydrogens (tertiary/aromatic N) is 1. The number of carbonyl (C=O) groups excluding carboxylic acids is 1. The molecular formula is C11H14N2O. The maximum absolute atomic E-state index is 10.5. The van der Waals surface area contributed by atoms with Crippen molar-refractivity contribution in [2.75, 3.05) is 0 Å². The summed E-state index contributed by atoms with van der Waals surface area (Å²) in [5.41, 5.74) is 7.04. The van der Waals surface area contributed by atoms with Crippen LogP contribution < -0.4 is 5.73 Å². The molecule has 1 rings (SSSR count). The first-order chi connectivity index (χ1) is 6.59. The summed E-state index contributed by atoms with van der Waals surface area (Å²) in [7, 11) is 0. The first kappa shape index (κ1) is 10.4. The number of aromatic nitrogens is 1. The number of rotatable bonds is 3. The van der Waals surface area contributed by atoms with Crippen molar-refractivity contribution < 1.29 is 4.79 Å². The fraction of sp³-hybridized carbons (Fsp3) is 0.273. The van der Waals surface area contributed by atoms with E-state index in [9.17, 15) is 4.79 Å². The molecule has 0 fully saturated rings. The van der Waals surface area contributed by atoms with E-state index in [1.54, 1.807) is 12.3 Å². The normalized spacial score (nSPS) is 11.1. The topological polar surface area (TPSA) is 56.0 Å². The zero-order valence-electron chi connectivity index (χ0n) is 8.40. The zero-order valence-corrected chi connectivity index (χ0v) is 8.40. The lowest BCUT2D eigenvalue weighted by atomic mass is 10.0. The van der Waals surface area contributed by atoms with Crippen LogP contribution in [0.25, 0.3) is 6.08 Å². The van der Waals surface area contributed by atoms with Crippen LogP contribution in [0.3, 0.4) is 0 Å². The van der Waals surface area contributed by atoms with E-state index < -0.39 is 5.91 Å². The van der Waals surface area contributed by atoms with Gasteiger partial charge in [-0.2, -0.15) is 0 Å². The highest BCUT2D eigenvalue weighted by molar-refractivity contribution is 5.90. The van der Waals surface area contributed by atoms with Crippen LogP contribution in [0.5, 0.6) is 0 Å². The van der Waals surface area contributed by atoms with Gasteiger partial charge in [0.15, 0.2) is 0 Å². The third-order valence-electron chi connectivity index (χ3n) is 1.89. The molecule has 3 heteroatoms. The maximum Gasteiger partial charge on any atom is 0.241 e. The van der Waals surface area contributed by atoms with Crippen LogP contribution in [-0.2, 0) is 4.79 Å². The van der Waals surface area contributed by atoms with Crippen LogP contribution in [0, 0.1) is 0 Å². The Kier molecular flexibility index (Phi) is 3.40. The fourth-order valence-corrected chi connectivity index (χ4v) is 1.06. The molecule has 0 saturated heterocycles. The molecule has 0 spiro atoms. The van der Waals surface area contributed by atoms with Gasteiger partial charge in [-0.05, 0) is 29.2 Å². The molecule has 0 aliphatic heterocycles. The molecule has 0 unspecified atom stereocenters. The van der Waals surface area contributed by atoms with Crippen molar-refractivity contribution in [3.8, 4) is 0 Å². The Morgan fingerprint density at radius 1 is 1.50 bits per heavy atom. The Balaban J connectivity index is 2.89. The molecule has 14 heavy (non-hydrogen) atoms. The summed E-state index contributed by atoms with van der Waals surface area (Å²) in [6, 6.07) is 2.00. The van der Waals surface area contributed by atoms with Gasteiger partial charge in [-0.1, -0.05) is 13.8 Å². The molecule has 0 saturated carbocycles. The van der Waals surface area contributed by atoms with E-state index in [2.05, 4.69) is 18.8 Å². The van der Waals surface area contributed by atoms with E-state index in [4.69, 9.17) is 5.73 Å². The number of hydrogen-bond donors (Lipinski definition) is 1. The summed E-state index contributed by atoms with van der Waals surface area (Å²) < 4.78 is 0. The van der Waals surface area contributed by atoms with E-state index >= 15 is 0 Å². The number of amides is 1. The monoisotopic (exact) mass is 190 g/mol. The molecule has 0 aliphatic rings. The molecule has 0 bridgehead atoms. The Morgan fingerprint density at radius 2 is 2.21 bits per heavy atom. The van der Waals surface area contributed by atoms with Crippen molar-refractivity contribution in [2.24, 2.45) is 5.73 Å². The number of primary amides is 1. The Labute approximate surface area is 83.7 Å². The molecule has 0 atom stereocenters. The van der Waals surface area contributed by atoms with Crippen molar-refractivity contribution in [1.82, 2.24) is 4.98 Å². The Hall–Kier alpha value is -1.64. The van der Waals surface area contributed by atoms with E-state index in [1.165, 1.54) is 6.08 Å². The van der Waals surface area contributed by atoms with Crippen LogP contribution in [0.4, 0.5) is 0 Å². The quantitative estimate of drug-likeness (QED) is 0.737. The molecule has 1 aromatic heterocycles. The summed E-state index contributed by atoms with van der Waals surface area (Å²) in [6.07, 6.45) is 6.53. The van der Waals surface area contributed by atoms with Crippen molar-refractivity contribution in [2.45, 2.75) is 19.8 Å². The van der Waals surface area contributed by atoms with E-state index in [0.717, 1.165) is 11.1 Å². The second-order valence-electron chi connectivity index (χ2n) is 3.44. The van der Waals surface area contributed by atoms with Crippen LogP contribution in [0.15, 0.2) is 24.5 Å². The second-order valence-corrected chi connectivity index (χ2v) is 3.44. The van der Waals surface area contributed by atoms with Gasteiger partial charge >= 0.3 is 0 Å². The summed E-state index contributed by atoms with van der Waals surface area (Å²) in [4.78, 5) is 14.6. The maximum atomic E-state index is 10.5. The lowest BCUT2D eigenvalue weighted by molar-refractivity contribution is -0.113. The molecule has 3 nitrogen and oxygen atoms in total. The second kappa shape index (κ2) is 4.56. The molecule has 74 valence electrons. The standard InChI is InChI=1S/C11H14N2O/c1-8(2)10-5-9(6-13-7-10)3-4-11(12)14/h3-8H,1-2H3,(H2,12,14)/b4-3+. The molecular weight excluding hydrogens is 176 g/mol. The summed E-state index contributed by atoms with van der Waals surface area (Å²) in [5, 5.41) is 0. The number of carbonyl (C=O) groups is 1. The van der Waals surface area contributed by atoms with Crippen LogP contribution >= 0.6 is 0 Å². The van der Waals surface area contributed by atoms with Gasteiger partial charge in [-0.15, -0.1) is 0 Å². The average Bonchev–Trinajstić information content (AvgIpc) is 2.15. The molecule has 0 radical (unpaired) electrons. The Bertz CT molecular complexity index is 356. The van der Waals surface area contributed by atoms with Gasteiger partial charge in [-0.3, -0.25) is 9.78 Å². The van der Waals surface area contributed by atoms with Crippen molar-refractivity contribution in [3.05, 3.63) is 35.7 Å². The number of nitrogens with two attached hydrogens (primary N) is 1. The van der Waals surface area contributed by atoms with Gasteiger partial charge in [0, 0.05) is 18.5 Å². The predicted molar refractivity (Wildman–Crippen MR) is 56.6 cm³/mol. The van der Waals surface area contributed by atoms with Gasteiger partial charge in [0.25, 0.3) is 0 Å². The molecule has 1 heterocycles. The lowest BCUT2D eigenvalue weighted by Crippen LogP contribution is -2.05. The highest BCUT2D eigenvalue weighted by atomic mass is 16.1. The van der Waals surface area contributed by atoms with Gasteiger partial charge < -0.3 is 5.73 Å². The van der Waals surface area contributed by atoms with Crippen molar-refractivity contribution >= 4 is 12.0 Å². The van der Waals surface area contributed by atoms with Gasteiger partial charge in [0.1, 0.15) is 0 Å². The van der Waals surface area contributed by atoms with E-state index in [0.29, 0.717) is 5.92 Å². The lowest BCUT2D eigenvalue weighted by Gasteiger charge is -2.04. The summed E-state index contributed by atoms with van der Waals surface area (Å²) >= 11 is 0. The number of hydrogen-bond acceptors (Lipinski definition) is 2.